The quantitative estimate of drug-likeness (QED) is 0.682. The van der Waals surface area contributed by atoms with E-state index in [1.165, 1.54) is 5.69 Å². The Morgan fingerprint density at radius 1 is 1.08 bits per heavy atom. The maximum absolute atomic E-state index is 6.34. The molecule has 1 atom stereocenters. The summed E-state index contributed by atoms with van der Waals surface area (Å²) < 4.78 is 0. The second kappa shape index (κ2) is 8.25. The first-order valence-electron chi connectivity index (χ1n) is 9.24. The molecule has 0 bridgehead atoms. The molecule has 4 N–H and O–H groups in total. The fraction of sp³-hybridized carbons (Fsp3) is 0.333. The van der Waals surface area contributed by atoms with Gasteiger partial charge in [-0.3, -0.25) is 9.97 Å². The largest absolute Gasteiger partial charge is 0.372 e. The van der Waals surface area contributed by atoms with Crippen molar-refractivity contribution in [3.63, 3.8) is 0 Å². The van der Waals surface area contributed by atoms with Crippen molar-refractivity contribution in [1.29, 1.82) is 0 Å². The SMILES string of the molecule is CCN(CC)c1ccc(-c2cc3ncccc3c(C(N)CCN)n2)cc1. The summed E-state index contributed by atoms with van der Waals surface area (Å²) >= 11 is 0. The molecule has 2 aromatic heterocycles. The summed E-state index contributed by atoms with van der Waals surface area (Å²) in [5.41, 5.74) is 17.0. The highest BCUT2D eigenvalue weighted by Crippen LogP contribution is 2.28. The summed E-state index contributed by atoms with van der Waals surface area (Å²) in [5, 5.41) is 0.997. The van der Waals surface area contributed by atoms with Crippen LogP contribution in [-0.4, -0.2) is 29.6 Å². The number of rotatable bonds is 7. The lowest BCUT2D eigenvalue weighted by Crippen LogP contribution is -2.21. The van der Waals surface area contributed by atoms with Gasteiger partial charge < -0.3 is 16.4 Å². The average Bonchev–Trinajstić information content (AvgIpc) is 2.69. The van der Waals surface area contributed by atoms with Crippen molar-refractivity contribution in [2.45, 2.75) is 26.3 Å². The molecule has 0 saturated carbocycles. The molecule has 0 amide bonds. The summed E-state index contributed by atoms with van der Waals surface area (Å²) in [6.07, 6.45) is 2.50. The van der Waals surface area contributed by atoms with E-state index >= 15 is 0 Å². The number of aromatic nitrogens is 2. The van der Waals surface area contributed by atoms with Gasteiger partial charge in [-0.1, -0.05) is 12.1 Å². The van der Waals surface area contributed by atoms with E-state index in [-0.39, 0.29) is 6.04 Å². The first-order chi connectivity index (χ1) is 12.7. The number of hydrogen-bond acceptors (Lipinski definition) is 5. The molecule has 26 heavy (non-hydrogen) atoms. The van der Waals surface area contributed by atoms with Crippen molar-refractivity contribution in [3.05, 3.63) is 54.4 Å². The van der Waals surface area contributed by atoms with Crippen LogP contribution in [0.25, 0.3) is 22.2 Å². The minimum Gasteiger partial charge on any atom is -0.372 e. The fourth-order valence-corrected chi connectivity index (χ4v) is 3.28. The minimum absolute atomic E-state index is 0.193. The molecule has 3 aromatic rings. The molecule has 0 spiro atoms. The third-order valence-electron chi connectivity index (χ3n) is 4.75. The maximum atomic E-state index is 6.34. The van der Waals surface area contributed by atoms with Gasteiger partial charge in [0.2, 0.25) is 0 Å². The number of hydrogen-bond donors (Lipinski definition) is 2. The van der Waals surface area contributed by atoms with Crippen molar-refractivity contribution < 1.29 is 0 Å². The van der Waals surface area contributed by atoms with Gasteiger partial charge in [0.05, 0.1) is 16.9 Å². The predicted octanol–water partition coefficient (Wildman–Crippen LogP) is 3.49. The molecule has 1 unspecified atom stereocenters. The molecule has 3 rings (SSSR count). The zero-order valence-corrected chi connectivity index (χ0v) is 15.5. The summed E-state index contributed by atoms with van der Waals surface area (Å²) in [4.78, 5) is 11.7. The number of nitrogens with two attached hydrogens (primary N) is 2. The fourth-order valence-electron chi connectivity index (χ4n) is 3.28. The van der Waals surface area contributed by atoms with Gasteiger partial charge in [0.15, 0.2) is 0 Å². The third kappa shape index (κ3) is 3.69. The van der Waals surface area contributed by atoms with Crippen molar-refractivity contribution in [2.75, 3.05) is 24.5 Å². The predicted molar refractivity (Wildman–Crippen MR) is 109 cm³/mol. The van der Waals surface area contributed by atoms with Gasteiger partial charge in [0, 0.05) is 42.0 Å². The van der Waals surface area contributed by atoms with Gasteiger partial charge in [-0.2, -0.15) is 0 Å². The minimum atomic E-state index is -0.193. The van der Waals surface area contributed by atoms with E-state index in [0.29, 0.717) is 13.0 Å². The zero-order valence-electron chi connectivity index (χ0n) is 15.5. The monoisotopic (exact) mass is 349 g/mol. The van der Waals surface area contributed by atoms with E-state index in [9.17, 15) is 0 Å². The summed E-state index contributed by atoms with van der Waals surface area (Å²) in [6.45, 7) is 6.85. The Kier molecular flexibility index (Phi) is 5.81. The lowest BCUT2D eigenvalue weighted by Gasteiger charge is -2.21. The molecule has 5 nitrogen and oxygen atoms in total. The first-order valence-corrected chi connectivity index (χ1v) is 9.24. The molecule has 0 aliphatic carbocycles. The van der Waals surface area contributed by atoms with Crippen LogP contribution in [0.4, 0.5) is 5.69 Å². The van der Waals surface area contributed by atoms with Gasteiger partial charge in [-0.25, -0.2) is 0 Å². The third-order valence-corrected chi connectivity index (χ3v) is 4.75. The lowest BCUT2D eigenvalue weighted by atomic mass is 10.0. The van der Waals surface area contributed by atoms with E-state index in [1.54, 1.807) is 6.20 Å². The van der Waals surface area contributed by atoms with E-state index < -0.39 is 0 Å². The summed E-state index contributed by atoms with van der Waals surface area (Å²) in [5.74, 6) is 0. The number of fused-ring (bicyclic) bond motifs is 1. The Morgan fingerprint density at radius 2 is 1.81 bits per heavy atom. The molecule has 0 saturated heterocycles. The maximum Gasteiger partial charge on any atom is 0.0742 e. The lowest BCUT2D eigenvalue weighted by molar-refractivity contribution is 0.649. The number of benzene rings is 1. The number of nitrogens with zero attached hydrogens (tertiary/aromatic N) is 3. The first kappa shape index (κ1) is 18.3. The van der Waals surface area contributed by atoms with Crippen LogP contribution in [0.3, 0.4) is 0 Å². The van der Waals surface area contributed by atoms with Crippen molar-refractivity contribution in [2.24, 2.45) is 11.5 Å². The zero-order chi connectivity index (χ0) is 18.5. The van der Waals surface area contributed by atoms with Crippen LogP contribution in [0.2, 0.25) is 0 Å². The Labute approximate surface area is 155 Å². The van der Waals surface area contributed by atoms with Gasteiger partial charge >= 0.3 is 0 Å². The van der Waals surface area contributed by atoms with Gasteiger partial charge in [-0.05, 0) is 57.1 Å². The Balaban J connectivity index is 2.05. The van der Waals surface area contributed by atoms with Crippen LogP contribution in [0, 0.1) is 0 Å². The van der Waals surface area contributed by atoms with Crippen molar-refractivity contribution in [1.82, 2.24) is 9.97 Å². The molecular weight excluding hydrogens is 322 g/mol. The molecular formula is C21H27N5. The van der Waals surface area contributed by atoms with Gasteiger partial charge in [-0.15, -0.1) is 0 Å². The molecule has 0 radical (unpaired) electrons. The standard InChI is InChI=1S/C21H27N5/c1-3-26(4-2)16-9-7-15(8-10-16)19-14-20-17(6-5-13-24-20)21(25-19)18(23)11-12-22/h5-10,13-14,18H,3-4,11-12,22-23H2,1-2H3. The molecule has 136 valence electrons. The Hall–Kier alpha value is -2.50. The molecule has 5 heteroatoms. The topological polar surface area (TPSA) is 81.1 Å². The molecule has 2 heterocycles. The van der Waals surface area contributed by atoms with E-state index in [2.05, 4.69) is 48.0 Å². The molecule has 0 fully saturated rings. The molecule has 0 aliphatic rings. The Bertz CT molecular complexity index is 856. The highest BCUT2D eigenvalue weighted by atomic mass is 15.1. The highest BCUT2D eigenvalue weighted by molar-refractivity contribution is 5.85. The van der Waals surface area contributed by atoms with Gasteiger partial charge in [0.25, 0.3) is 0 Å². The van der Waals surface area contributed by atoms with Crippen LogP contribution in [0.15, 0.2) is 48.7 Å². The van der Waals surface area contributed by atoms with Crippen LogP contribution in [0.1, 0.15) is 32.0 Å². The van der Waals surface area contributed by atoms with Crippen molar-refractivity contribution >= 4 is 16.6 Å². The second-order valence-electron chi connectivity index (χ2n) is 6.37. The number of anilines is 1. The van der Waals surface area contributed by atoms with Crippen molar-refractivity contribution in [3.8, 4) is 11.3 Å². The smallest absolute Gasteiger partial charge is 0.0742 e. The normalized spacial score (nSPS) is 12.3. The molecule has 1 aromatic carbocycles. The van der Waals surface area contributed by atoms with Crippen LogP contribution >= 0.6 is 0 Å². The van der Waals surface area contributed by atoms with E-state index in [1.807, 2.05) is 18.2 Å². The summed E-state index contributed by atoms with van der Waals surface area (Å²) in [7, 11) is 0. The van der Waals surface area contributed by atoms with Crippen LogP contribution in [0.5, 0.6) is 0 Å². The van der Waals surface area contributed by atoms with Crippen LogP contribution < -0.4 is 16.4 Å². The van der Waals surface area contributed by atoms with E-state index in [0.717, 1.165) is 40.9 Å². The second-order valence-corrected chi connectivity index (χ2v) is 6.37. The van der Waals surface area contributed by atoms with Crippen LogP contribution in [-0.2, 0) is 0 Å². The highest BCUT2D eigenvalue weighted by Gasteiger charge is 2.14. The summed E-state index contributed by atoms with van der Waals surface area (Å²) in [6, 6.07) is 14.3. The van der Waals surface area contributed by atoms with E-state index in [4.69, 9.17) is 16.5 Å². The van der Waals surface area contributed by atoms with Gasteiger partial charge in [0.1, 0.15) is 0 Å². The average molecular weight is 349 g/mol. The Morgan fingerprint density at radius 3 is 2.46 bits per heavy atom. The number of pyridine rings is 2. The molecule has 0 aliphatic heterocycles.